The molecule has 2 aromatic rings. The Morgan fingerprint density at radius 2 is 2.20 bits per heavy atom. The van der Waals surface area contributed by atoms with Gasteiger partial charge in [0.15, 0.2) is 0 Å². The second kappa shape index (κ2) is 4.09. The molecule has 0 atom stereocenters. The van der Waals surface area contributed by atoms with Gasteiger partial charge < -0.3 is 5.73 Å². The molecule has 2 N–H and O–H groups in total. The number of pyridine rings is 2. The molecule has 2 aromatic heterocycles. The molecule has 0 fully saturated rings. The smallest absolute Gasteiger partial charge is 0.0677 e. The highest BCUT2D eigenvalue weighted by molar-refractivity contribution is 5.46. The molecular weight excluding hydrogens is 186 g/mol. The largest absolute Gasteiger partial charge is 0.397 e. The minimum absolute atomic E-state index is 0.736. The van der Waals surface area contributed by atoms with Gasteiger partial charge in [-0.25, -0.2) is 0 Å². The molecular formula is C12H13N3. The molecule has 0 saturated heterocycles. The average molecular weight is 199 g/mol. The molecule has 0 saturated carbocycles. The van der Waals surface area contributed by atoms with Crippen LogP contribution in [-0.4, -0.2) is 9.97 Å². The second-order valence-electron chi connectivity index (χ2n) is 3.59. The van der Waals surface area contributed by atoms with Crippen LogP contribution in [0.5, 0.6) is 0 Å². The van der Waals surface area contributed by atoms with Crippen molar-refractivity contribution in [1.82, 2.24) is 9.97 Å². The Morgan fingerprint density at radius 3 is 2.87 bits per heavy atom. The van der Waals surface area contributed by atoms with E-state index in [4.69, 9.17) is 5.73 Å². The lowest BCUT2D eigenvalue weighted by Gasteiger charge is -2.05. The standard InChI is InChI=1S/C12H13N3/c1-9-5-11(13)12(15-7-9)6-10-3-2-4-14-8-10/h2-5,7-8H,6,13H2,1H3. The number of rotatable bonds is 2. The molecule has 0 unspecified atom stereocenters. The van der Waals surface area contributed by atoms with Gasteiger partial charge in [-0.05, 0) is 30.2 Å². The Labute approximate surface area is 89.0 Å². The van der Waals surface area contributed by atoms with E-state index in [9.17, 15) is 0 Å². The molecule has 0 aromatic carbocycles. The summed E-state index contributed by atoms with van der Waals surface area (Å²) in [4.78, 5) is 8.38. The normalized spacial score (nSPS) is 10.2. The van der Waals surface area contributed by atoms with E-state index in [0.29, 0.717) is 0 Å². The third-order valence-electron chi connectivity index (χ3n) is 2.23. The van der Waals surface area contributed by atoms with Crippen LogP contribution in [0.15, 0.2) is 36.8 Å². The van der Waals surface area contributed by atoms with E-state index >= 15 is 0 Å². The zero-order valence-corrected chi connectivity index (χ0v) is 8.64. The maximum Gasteiger partial charge on any atom is 0.0677 e. The Kier molecular flexibility index (Phi) is 2.63. The minimum atomic E-state index is 0.736. The van der Waals surface area contributed by atoms with E-state index in [1.165, 1.54) is 0 Å². The number of nitrogens with two attached hydrogens (primary N) is 1. The van der Waals surface area contributed by atoms with Gasteiger partial charge in [-0.1, -0.05) is 6.07 Å². The van der Waals surface area contributed by atoms with Gasteiger partial charge in [0.2, 0.25) is 0 Å². The number of anilines is 1. The molecule has 3 nitrogen and oxygen atoms in total. The van der Waals surface area contributed by atoms with E-state index in [1.54, 1.807) is 6.20 Å². The van der Waals surface area contributed by atoms with Gasteiger partial charge in [0, 0.05) is 25.0 Å². The van der Waals surface area contributed by atoms with Gasteiger partial charge in [0.25, 0.3) is 0 Å². The number of hydrogen-bond acceptors (Lipinski definition) is 3. The van der Waals surface area contributed by atoms with Crippen LogP contribution in [0.4, 0.5) is 5.69 Å². The van der Waals surface area contributed by atoms with Crippen molar-refractivity contribution in [2.24, 2.45) is 0 Å². The molecule has 15 heavy (non-hydrogen) atoms. The Balaban J connectivity index is 2.25. The van der Waals surface area contributed by atoms with Crippen LogP contribution >= 0.6 is 0 Å². The third kappa shape index (κ3) is 2.31. The van der Waals surface area contributed by atoms with Crippen molar-refractivity contribution in [3.05, 3.63) is 53.6 Å². The molecule has 2 rings (SSSR count). The molecule has 76 valence electrons. The van der Waals surface area contributed by atoms with Crippen molar-refractivity contribution in [3.8, 4) is 0 Å². The lowest BCUT2D eigenvalue weighted by atomic mass is 10.1. The molecule has 0 radical (unpaired) electrons. The van der Waals surface area contributed by atoms with E-state index in [-0.39, 0.29) is 0 Å². The van der Waals surface area contributed by atoms with E-state index in [0.717, 1.165) is 28.9 Å². The summed E-state index contributed by atoms with van der Waals surface area (Å²) in [5.74, 6) is 0. The molecule has 0 aliphatic rings. The maximum atomic E-state index is 5.89. The van der Waals surface area contributed by atoms with Gasteiger partial charge in [-0.15, -0.1) is 0 Å². The van der Waals surface area contributed by atoms with Crippen LogP contribution < -0.4 is 5.73 Å². The average Bonchev–Trinajstić information content (AvgIpc) is 2.24. The SMILES string of the molecule is Cc1cnc(Cc2cccnc2)c(N)c1. The van der Waals surface area contributed by atoms with E-state index < -0.39 is 0 Å². The van der Waals surface area contributed by atoms with Crippen LogP contribution in [0.25, 0.3) is 0 Å². The summed E-state index contributed by atoms with van der Waals surface area (Å²) in [5.41, 5.74) is 9.76. The van der Waals surface area contributed by atoms with Gasteiger partial charge >= 0.3 is 0 Å². The van der Waals surface area contributed by atoms with E-state index in [1.807, 2.05) is 37.5 Å². The van der Waals surface area contributed by atoms with E-state index in [2.05, 4.69) is 9.97 Å². The van der Waals surface area contributed by atoms with Crippen molar-refractivity contribution < 1.29 is 0 Å². The summed E-state index contributed by atoms with van der Waals surface area (Å²) >= 11 is 0. The predicted molar refractivity (Wildman–Crippen MR) is 60.4 cm³/mol. The van der Waals surface area contributed by atoms with Gasteiger partial charge in [0.05, 0.1) is 11.4 Å². The van der Waals surface area contributed by atoms with Crippen LogP contribution in [0.1, 0.15) is 16.8 Å². The topological polar surface area (TPSA) is 51.8 Å². The van der Waals surface area contributed by atoms with Crippen molar-refractivity contribution >= 4 is 5.69 Å². The first kappa shape index (κ1) is 9.65. The van der Waals surface area contributed by atoms with Gasteiger partial charge in [-0.2, -0.15) is 0 Å². The molecule has 0 spiro atoms. The fourth-order valence-corrected chi connectivity index (χ4v) is 1.46. The molecule has 0 bridgehead atoms. The van der Waals surface area contributed by atoms with Crippen molar-refractivity contribution in [2.75, 3.05) is 5.73 Å². The Hall–Kier alpha value is -1.90. The Bertz CT molecular complexity index is 452. The summed E-state index contributed by atoms with van der Waals surface area (Å²) < 4.78 is 0. The zero-order chi connectivity index (χ0) is 10.7. The number of nitrogens with zero attached hydrogens (tertiary/aromatic N) is 2. The quantitative estimate of drug-likeness (QED) is 0.804. The molecule has 0 aliphatic carbocycles. The molecule has 0 aliphatic heterocycles. The third-order valence-corrected chi connectivity index (χ3v) is 2.23. The van der Waals surface area contributed by atoms with Gasteiger partial charge in [-0.3, -0.25) is 9.97 Å². The van der Waals surface area contributed by atoms with Crippen molar-refractivity contribution in [2.45, 2.75) is 13.3 Å². The number of nitrogen functional groups attached to an aromatic ring is 1. The van der Waals surface area contributed by atoms with Gasteiger partial charge in [0.1, 0.15) is 0 Å². The lowest BCUT2D eigenvalue weighted by molar-refractivity contribution is 1.05. The predicted octanol–water partition coefficient (Wildman–Crippen LogP) is 1.96. The first-order chi connectivity index (χ1) is 7.25. The first-order valence-corrected chi connectivity index (χ1v) is 4.85. The van der Waals surface area contributed by atoms with Crippen LogP contribution in [-0.2, 0) is 6.42 Å². The molecule has 3 heteroatoms. The number of aryl methyl sites for hydroxylation is 1. The lowest BCUT2D eigenvalue weighted by Crippen LogP contribution is -1.99. The second-order valence-corrected chi connectivity index (χ2v) is 3.59. The number of aromatic nitrogens is 2. The van der Waals surface area contributed by atoms with Crippen molar-refractivity contribution in [3.63, 3.8) is 0 Å². The fourth-order valence-electron chi connectivity index (χ4n) is 1.46. The minimum Gasteiger partial charge on any atom is -0.397 e. The highest BCUT2D eigenvalue weighted by Gasteiger charge is 2.02. The summed E-state index contributed by atoms with van der Waals surface area (Å²) in [6, 6.07) is 5.88. The highest BCUT2D eigenvalue weighted by Crippen LogP contribution is 2.14. The maximum absolute atomic E-state index is 5.89. The zero-order valence-electron chi connectivity index (χ0n) is 8.64. The fraction of sp³-hybridized carbons (Fsp3) is 0.167. The summed E-state index contributed by atoms with van der Waals surface area (Å²) in [7, 11) is 0. The van der Waals surface area contributed by atoms with Crippen LogP contribution in [0.2, 0.25) is 0 Å². The van der Waals surface area contributed by atoms with Crippen LogP contribution in [0.3, 0.4) is 0 Å². The first-order valence-electron chi connectivity index (χ1n) is 4.85. The summed E-state index contributed by atoms with van der Waals surface area (Å²) in [6.07, 6.45) is 6.17. The van der Waals surface area contributed by atoms with Crippen molar-refractivity contribution in [1.29, 1.82) is 0 Å². The molecule has 0 amide bonds. The summed E-state index contributed by atoms with van der Waals surface area (Å²) in [6.45, 7) is 1.98. The summed E-state index contributed by atoms with van der Waals surface area (Å²) in [5, 5.41) is 0. The van der Waals surface area contributed by atoms with Crippen LogP contribution in [0, 0.1) is 6.92 Å². The highest BCUT2D eigenvalue weighted by atomic mass is 14.7. The number of hydrogen-bond donors (Lipinski definition) is 1. The monoisotopic (exact) mass is 199 g/mol. The molecule has 2 heterocycles. The Morgan fingerprint density at radius 1 is 1.33 bits per heavy atom.